The number of carboxylic acids is 1. The van der Waals surface area contributed by atoms with Crippen LogP contribution >= 0.6 is 0 Å². The Kier molecular flexibility index (Phi) is 3.02. The molecule has 0 aliphatic carbocycles. The Hall–Kier alpha value is -2.36. The molecule has 4 heteroatoms. The normalized spacial score (nSPS) is 10.3. The summed E-state index contributed by atoms with van der Waals surface area (Å²) in [6, 6.07) is 8.38. The number of phenolic OH excluding ortho intramolecular Hbond substituents is 1. The number of carboxylic acid groups (broad SMARTS) is 1. The standard InChI is InChI=1S/C14H11FO3/c1-8-4-10(6-11(15)5-8)12-3-2-9(14(17)18)7-13(12)16/h2-7,16H,1H3,(H,17,18). The number of carbonyl (C=O) groups is 1. The fourth-order valence-corrected chi connectivity index (χ4v) is 1.80. The highest BCUT2D eigenvalue weighted by molar-refractivity contribution is 5.89. The first-order chi connectivity index (χ1) is 8.47. The zero-order valence-corrected chi connectivity index (χ0v) is 9.64. The first-order valence-electron chi connectivity index (χ1n) is 5.31. The lowest BCUT2D eigenvalue weighted by Gasteiger charge is -2.07. The van der Waals surface area contributed by atoms with E-state index in [9.17, 15) is 14.3 Å². The maximum Gasteiger partial charge on any atom is 0.335 e. The van der Waals surface area contributed by atoms with Gasteiger partial charge in [-0.1, -0.05) is 6.07 Å². The van der Waals surface area contributed by atoms with Crippen LogP contribution in [0.3, 0.4) is 0 Å². The summed E-state index contributed by atoms with van der Waals surface area (Å²) in [5.41, 5.74) is 1.64. The third-order valence-electron chi connectivity index (χ3n) is 2.60. The SMILES string of the molecule is Cc1cc(F)cc(-c2ccc(C(=O)O)cc2O)c1. The van der Waals surface area contributed by atoms with E-state index in [0.29, 0.717) is 11.1 Å². The van der Waals surface area contributed by atoms with Crippen molar-refractivity contribution in [2.75, 3.05) is 0 Å². The molecule has 0 heterocycles. The van der Waals surface area contributed by atoms with E-state index in [1.54, 1.807) is 13.0 Å². The number of phenols is 1. The summed E-state index contributed by atoms with van der Waals surface area (Å²) >= 11 is 0. The summed E-state index contributed by atoms with van der Waals surface area (Å²) < 4.78 is 13.3. The highest BCUT2D eigenvalue weighted by Gasteiger charge is 2.10. The molecule has 2 aromatic carbocycles. The summed E-state index contributed by atoms with van der Waals surface area (Å²) in [7, 11) is 0. The molecule has 3 nitrogen and oxygen atoms in total. The van der Waals surface area contributed by atoms with Gasteiger partial charge in [-0.05, 0) is 48.4 Å². The van der Waals surface area contributed by atoms with Crippen molar-refractivity contribution in [3.8, 4) is 16.9 Å². The van der Waals surface area contributed by atoms with Gasteiger partial charge >= 0.3 is 5.97 Å². The average Bonchev–Trinajstić information content (AvgIpc) is 2.27. The predicted molar refractivity (Wildman–Crippen MR) is 65.2 cm³/mol. The fraction of sp³-hybridized carbons (Fsp3) is 0.0714. The smallest absolute Gasteiger partial charge is 0.335 e. The molecule has 0 spiro atoms. The van der Waals surface area contributed by atoms with E-state index >= 15 is 0 Å². The van der Waals surface area contributed by atoms with Crippen LogP contribution in [0.15, 0.2) is 36.4 Å². The topological polar surface area (TPSA) is 57.5 Å². The maximum atomic E-state index is 13.3. The van der Waals surface area contributed by atoms with E-state index in [1.165, 1.54) is 24.3 Å². The van der Waals surface area contributed by atoms with Crippen LogP contribution in [-0.2, 0) is 0 Å². The average molecular weight is 246 g/mol. The van der Waals surface area contributed by atoms with E-state index in [-0.39, 0.29) is 11.3 Å². The van der Waals surface area contributed by atoms with Gasteiger partial charge in [0.15, 0.2) is 0 Å². The van der Waals surface area contributed by atoms with Crippen molar-refractivity contribution < 1.29 is 19.4 Å². The van der Waals surface area contributed by atoms with Crippen molar-refractivity contribution in [2.24, 2.45) is 0 Å². The summed E-state index contributed by atoms with van der Waals surface area (Å²) in [5, 5.41) is 18.6. The predicted octanol–water partition coefficient (Wildman–Crippen LogP) is 3.20. The molecule has 0 atom stereocenters. The summed E-state index contributed by atoms with van der Waals surface area (Å²) in [5.74, 6) is -1.70. The van der Waals surface area contributed by atoms with E-state index in [4.69, 9.17) is 5.11 Å². The molecule has 0 amide bonds. The lowest BCUT2D eigenvalue weighted by Crippen LogP contribution is -1.95. The van der Waals surface area contributed by atoms with Gasteiger partial charge in [-0.15, -0.1) is 0 Å². The lowest BCUT2D eigenvalue weighted by molar-refractivity contribution is 0.0696. The monoisotopic (exact) mass is 246 g/mol. The van der Waals surface area contributed by atoms with Gasteiger partial charge in [-0.2, -0.15) is 0 Å². The highest BCUT2D eigenvalue weighted by Crippen LogP contribution is 2.31. The minimum atomic E-state index is -1.12. The Morgan fingerprint density at radius 3 is 2.44 bits per heavy atom. The van der Waals surface area contributed by atoms with Crippen LogP contribution in [0.25, 0.3) is 11.1 Å². The Bertz CT molecular complexity index is 600. The van der Waals surface area contributed by atoms with Gasteiger partial charge in [-0.3, -0.25) is 0 Å². The van der Waals surface area contributed by atoms with Crippen LogP contribution in [-0.4, -0.2) is 16.2 Å². The summed E-state index contributed by atoms with van der Waals surface area (Å²) in [6.45, 7) is 1.75. The number of aromatic carboxylic acids is 1. The minimum Gasteiger partial charge on any atom is -0.507 e. The molecule has 0 fully saturated rings. The van der Waals surface area contributed by atoms with Gasteiger partial charge in [0, 0.05) is 5.56 Å². The van der Waals surface area contributed by atoms with Gasteiger partial charge in [0.2, 0.25) is 0 Å². The minimum absolute atomic E-state index is 0.00984. The lowest BCUT2D eigenvalue weighted by atomic mass is 10.0. The Morgan fingerprint density at radius 1 is 1.17 bits per heavy atom. The molecule has 0 bridgehead atoms. The van der Waals surface area contributed by atoms with Crippen molar-refractivity contribution in [3.05, 3.63) is 53.3 Å². The van der Waals surface area contributed by atoms with Gasteiger partial charge in [0.05, 0.1) is 5.56 Å². The third-order valence-corrected chi connectivity index (χ3v) is 2.60. The van der Waals surface area contributed by atoms with Crippen molar-refractivity contribution >= 4 is 5.97 Å². The molecule has 2 aromatic rings. The quantitative estimate of drug-likeness (QED) is 0.855. The second-order valence-corrected chi connectivity index (χ2v) is 4.05. The number of aromatic hydroxyl groups is 1. The third kappa shape index (κ3) is 2.32. The Labute approximate surface area is 103 Å². The molecule has 18 heavy (non-hydrogen) atoms. The first kappa shape index (κ1) is 12.1. The first-order valence-corrected chi connectivity index (χ1v) is 5.31. The summed E-state index contributed by atoms with van der Waals surface area (Å²) in [4.78, 5) is 10.7. The molecule has 0 aliphatic heterocycles. The van der Waals surface area contributed by atoms with Crippen molar-refractivity contribution in [1.82, 2.24) is 0 Å². The number of halogens is 1. The van der Waals surface area contributed by atoms with Crippen molar-refractivity contribution in [3.63, 3.8) is 0 Å². The van der Waals surface area contributed by atoms with Crippen molar-refractivity contribution in [1.29, 1.82) is 0 Å². The number of aryl methyl sites for hydroxylation is 1. The van der Waals surface area contributed by atoms with Crippen LogP contribution in [0.4, 0.5) is 4.39 Å². The molecule has 0 aromatic heterocycles. The molecular formula is C14H11FO3. The van der Waals surface area contributed by atoms with E-state index in [0.717, 1.165) is 11.6 Å². The number of hydrogen-bond acceptors (Lipinski definition) is 2. The number of hydrogen-bond donors (Lipinski definition) is 2. The van der Waals surface area contributed by atoms with Crippen LogP contribution in [0.5, 0.6) is 5.75 Å². The largest absolute Gasteiger partial charge is 0.507 e. The van der Waals surface area contributed by atoms with Gasteiger partial charge in [0.25, 0.3) is 0 Å². The highest BCUT2D eigenvalue weighted by atomic mass is 19.1. The zero-order chi connectivity index (χ0) is 13.3. The van der Waals surface area contributed by atoms with Crippen molar-refractivity contribution in [2.45, 2.75) is 6.92 Å². The molecular weight excluding hydrogens is 235 g/mol. The van der Waals surface area contributed by atoms with Gasteiger partial charge in [-0.25, -0.2) is 9.18 Å². The second kappa shape index (κ2) is 4.49. The molecule has 2 N–H and O–H groups in total. The molecule has 0 saturated carbocycles. The molecule has 0 saturated heterocycles. The summed E-state index contributed by atoms with van der Waals surface area (Å²) in [6.07, 6.45) is 0. The number of rotatable bonds is 2. The molecule has 0 radical (unpaired) electrons. The number of benzene rings is 2. The van der Waals surface area contributed by atoms with Gasteiger partial charge in [0.1, 0.15) is 11.6 Å². The van der Waals surface area contributed by atoms with E-state index < -0.39 is 11.8 Å². The Morgan fingerprint density at radius 2 is 1.89 bits per heavy atom. The van der Waals surface area contributed by atoms with Crippen LogP contribution < -0.4 is 0 Å². The second-order valence-electron chi connectivity index (χ2n) is 4.05. The molecule has 2 rings (SSSR count). The molecule has 92 valence electrons. The molecule has 0 unspecified atom stereocenters. The fourth-order valence-electron chi connectivity index (χ4n) is 1.80. The maximum absolute atomic E-state index is 13.3. The Balaban J connectivity index is 2.54. The van der Waals surface area contributed by atoms with Crippen LogP contribution in [0.2, 0.25) is 0 Å². The molecule has 0 aliphatic rings. The van der Waals surface area contributed by atoms with Gasteiger partial charge < -0.3 is 10.2 Å². The van der Waals surface area contributed by atoms with E-state index in [1.807, 2.05) is 0 Å². The van der Waals surface area contributed by atoms with Crippen LogP contribution in [0, 0.1) is 12.7 Å². The zero-order valence-electron chi connectivity index (χ0n) is 9.64. The van der Waals surface area contributed by atoms with Crippen LogP contribution in [0.1, 0.15) is 15.9 Å². The van der Waals surface area contributed by atoms with E-state index in [2.05, 4.69) is 0 Å².